The standard InChI is InChI=1S/C22H27N3O5S2/c1-7-25(8-2)32(28,29)16-10-9-12(3)17(11-16)22(27)30-14(5)19-23-20(26)18-13(4)15(6)31-21(18)24-19/h9-11,14H,7-8H2,1-6H3,(H,23,24,26). The number of thiophene rings is 1. The van der Waals surface area contributed by atoms with Gasteiger partial charge < -0.3 is 9.72 Å². The minimum atomic E-state index is -3.72. The van der Waals surface area contributed by atoms with Crippen molar-refractivity contribution in [2.45, 2.75) is 52.5 Å². The average molecular weight is 478 g/mol. The number of aryl methyl sites for hydroxylation is 3. The number of sulfonamides is 1. The van der Waals surface area contributed by atoms with Crippen LogP contribution >= 0.6 is 11.3 Å². The number of ether oxygens (including phenoxy) is 1. The molecule has 0 aliphatic rings. The Balaban J connectivity index is 1.92. The molecule has 0 saturated heterocycles. The van der Waals surface area contributed by atoms with Gasteiger partial charge in [-0.1, -0.05) is 19.9 Å². The summed E-state index contributed by atoms with van der Waals surface area (Å²) in [4.78, 5) is 34.2. The van der Waals surface area contributed by atoms with Crippen LogP contribution in [0.3, 0.4) is 0 Å². The predicted octanol–water partition coefficient (Wildman–Crippen LogP) is 3.86. The Labute approximate surface area is 191 Å². The summed E-state index contributed by atoms with van der Waals surface area (Å²) in [6.45, 7) is 11.3. The Bertz CT molecular complexity index is 1340. The first-order valence-corrected chi connectivity index (χ1v) is 12.6. The number of nitrogens with zero attached hydrogens (tertiary/aromatic N) is 2. The third-order valence-electron chi connectivity index (χ3n) is 5.50. The van der Waals surface area contributed by atoms with E-state index in [0.29, 0.717) is 28.9 Å². The van der Waals surface area contributed by atoms with Gasteiger partial charge in [-0.3, -0.25) is 4.79 Å². The number of aromatic nitrogens is 2. The van der Waals surface area contributed by atoms with E-state index >= 15 is 0 Å². The van der Waals surface area contributed by atoms with Crippen molar-refractivity contribution in [2.75, 3.05) is 13.1 Å². The van der Waals surface area contributed by atoms with E-state index in [1.165, 1.54) is 27.8 Å². The second kappa shape index (κ2) is 9.13. The Hall–Kier alpha value is -2.56. The first kappa shape index (κ1) is 24.1. The Kier molecular flexibility index (Phi) is 6.87. The normalized spacial score (nSPS) is 13.0. The van der Waals surface area contributed by atoms with Crippen LogP contribution < -0.4 is 5.56 Å². The monoisotopic (exact) mass is 477 g/mol. The molecule has 0 bridgehead atoms. The minimum absolute atomic E-state index is 0.0314. The van der Waals surface area contributed by atoms with Gasteiger partial charge in [0.2, 0.25) is 10.0 Å². The predicted molar refractivity (Wildman–Crippen MR) is 125 cm³/mol. The highest BCUT2D eigenvalue weighted by atomic mass is 32.2. The van der Waals surface area contributed by atoms with Crippen molar-refractivity contribution >= 4 is 37.5 Å². The van der Waals surface area contributed by atoms with E-state index in [0.717, 1.165) is 10.4 Å². The van der Waals surface area contributed by atoms with Crippen LogP contribution in [0.25, 0.3) is 10.2 Å². The second-order valence-corrected chi connectivity index (χ2v) is 10.7. The fraction of sp³-hybridized carbons (Fsp3) is 0.409. The van der Waals surface area contributed by atoms with Crippen LogP contribution in [0.1, 0.15) is 59.1 Å². The molecule has 0 saturated carbocycles. The number of benzene rings is 1. The lowest BCUT2D eigenvalue weighted by molar-refractivity contribution is 0.0319. The average Bonchev–Trinajstić information content (AvgIpc) is 3.02. The lowest BCUT2D eigenvalue weighted by Crippen LogP contribution is -2.30. The SMILES string of the molecule is CCN(CC)S(=O)(=O)c1ccc(C)c(C(=O)OC(C)c2nc3sc(C)c(C)c3c(=O)[nH]2)c1. The van der Waals surface area contributed by atoms with Crippen molar-refractivity contribution in [3.8, 4) is 0 Å². The summed E-state index contributed by atoms with van der Waals surface area (Å²) in [5.41, 5.74) is 1.34. The maximum absolute atomic E-state index is 12.9. The summed E-state index contributed by atoms with van der Waals surface area (Å²) in [6, 6.07) is 4.40. The number of carbonyl (C=O) groups is 1. The summed E-state index contributed by atoms with van der Waals surface area (Å²) in [7, 11) is -3.72. The zero-order valence-electron chi connectivity index (χ0n) is 19.0. The number of nitrogens with one attached hydrogen (secondary N) is 1. The molecule has 8 nitrogen and oxygen atoms in total. The highest BCUT2D eigenvalue weighted by Crippen LogP contribution is 2.27. The molecule has 0 amide bonds. The molecular formula is C22H27N3O5S2. The zero-order chi connectivity index (χ0) is 23.8. The first-order valence-electron chi connectivity index (χ1n) is 10.3. The van der Waals surface area contributed by atoms with Gasteiger partial charge in [-0.25, -0.2) is 18.2 Å². The number of hydrogen-bond donors (Lipinski definition) is 1. The molecule has 1 atom stereocenters. The van der Waals surface area contributed by atoms with Gasteiger partial charge in [0.1, 0.15) is 4.83 Å². The van der Waals surface area contributed by atoms with Gasteiger partial charge in [0.05, 0.1) is 15.8 Å². The molecule has 1 aromatic carbocycles. The summed E-state index contributed by atoms with van der Waals surface area (Å²) >= 11 is 1.41. The van der Waals surface area contributed by atoms with Gasteiger partial charge in [-0.15, -0.1) is 11.3 Å². The molecule has 1 unspecified atom stereocenters. The molecule has 3 rings (SSSR count). The molecule has 10 heteroatoms. The lowest BCUT2D eigenvalue weighted by atomic mass is 10.1. The molecule has 0 aliphatic heterocycles. The summed E-state index contributed by atoms with van der Waals surface area (Å²) in [6.07, 6.45) is -0.829. The Morgan fingerprint density at radius 2 is 1.88 bits per heavy atom. The zero-order valence-corrected chi connectivity index (χ0v) is 20.6. The van der Waals surface area contributed by atoms with Crippen LogP contribution in [0, 0.1) is 20.8 Å². The van der Waals surface area contributed by atoms with Crippen molar-refractivity contribution in [2.24, 2.45) is 0 Å². The van der Waals surface area contributed by atoms with Crippen molar-refractivity contribution in [1.29, 1.82) is 0 Å². The number of rotatable bonds is 7. The maximum atomic E-state index is 12.9. The molecule has 1 N–H and O–H groups in total. The van der Waals surface area contributed by atoms with E-state index in [9.17, 15) is 18.0 Å². The van der Waals surface area contributed by atoms with E-state index in [1.54, 1.807) is 33.8 Å². The van der Waals surface area contributed by atoms with Crippen molar-refractivity contribution in [1.82, 2.24) is 14.3 Å². The number of hydrogen-bond acceptors (Lipinski definition) is 7. The summed E-state index contributed by atoms with van der Waals surface area (Å²) in [5, 5.41) is 0.542. The van der Waals surface area contributed by atoms with Gasteiger partial charge >= 0.3 is 5.97 Å². The topological polar surface area (TPSA) is 109 Å². The number of aromatic amines is 1. The van der Waals surface area contributed by atoms with Gasteiger partial charge in [-0.05, 0) is 51.0 Å². The quantitative estimate of drug-likeness (QED) is 0.518. The summed E-state index contributed by atoms with van der Waals surface area (Å²) < 4.78 is 32.6. The van der Waals surface area contributed by atoms with Gasteiger partial charge in [-0.2, -0.15) is 4.31 Å². The van der Waals surface area contributed by atoms with Crippen LogP contribution in [0.2, 0.25) is 0 Å². The van der Waals surface area contributed by atoms with E-state index < -0.39 is 22.1 Å². The largest absolute Gasteiger partial charge is 0.451 e. The van der Waals surface area contributed by atoms with Crippen molar-refractivity contribution in [3.63, 3.8) is 0 Å². The lowest BCUT2D eigenvalue weighted by Gasteiger charge is -2.19. The molecule has 32 heavy (non-hydrogen) atoms. The van der Waals surface area contributed by atoms with Gasteiger partial charge in [0, 0.05) is 18.0 Å². The van der Waals surface area contributed by atoms with E-state index in [4.69, 9.17) is 4.74 Å². The van der Waals surface area contributed by atoms with E-state index in [1.807, 2.05) is 13.8 Å². The maximum Gasteiger partial charge on any atom is 0.339 e. The molecule has 172 valence electrons. The number of fused-ring (bicyclic) bond motifs is 1. The number of carbonyl (C=O) groups excluding carboxylic acids is 1. The van der Waals surface area contributed by atoms with Crippen molar-refractivity contribution in [3.05, 3.63) is 55.9 Å². The van der Waals surface area contributed by atoms with Crippen LogP contribution in [-0.2, 0) is 14.8 Å². The van der Waals surface area contributed by atoms with Gasteiger partial charge in [0.25, 0.3) is 5.56 Å². The third-order valence-corrected chi connectivity index (χ3v) is 8.65. The number of esters is 1. The molecular weight excluding hydrogens is 450 g/mol. The molecule has 0 aliphatic carbocycles. The smallest absolute Gasteiger partial charge is 0.339 e. The highest BCUT2D eigenvalue weighted by Gasteiger charge is 2.25. The van der Waals surface area contributed by atoms with E-state index in [-0.39, 0.29) is 21.8 Å². The summed E-state index contributed by atoms with van der Waals surface area (Å²) in [5.74, 6) is -0.449. The Morgan fingerprint density at radius 3 is 2.50 bits per heavy atom. The molecule has 2 aromatic heterocycles. The molecule has 0 spiro atoms. The first-order chi connectivity index (χ1) is 15.0. The Morgan fingerprint density at radius 1 is 1.22 bits per heavy atom. The van der Waals surface area contributed by atoms with Crippen LogP contribution in [-0.4, -0.2) is 41.7 Å². The van der Waals surface area contributed by atoms with Crippen LogP contribution in [0.15, 0.2) is 27.9 Å². The fourth-order valence-electron chi connectivity index (χ4n) is 3.44. The molecule has 0 radical (unpaired) electrons. The van der Waals surface area contributed by atoms with E-state index in [2.05, 4.69) is 9.97 Å². The highest BCUT2D eigenvalue weighted by molar-refractivity contribution is 7.89. The minimum Gasteiger partial charge on any atom is -0.451 e. The van der Waals surface area contributed by atoms with Gasteiger partial charge in [0.15, 0.2) is 11.9 Å². The molecule has 3 aromatic rings. The van der Waals surface area contributed by atoms with Crippen LogP contribution in [0.5, 0.6) is 0 Å². The molecule has 2 heterocycles. The molecule has 0 fully saturated rings. The van der Waals surface area contributed by atoms with Crippen molar-refractivity contribution < 1.29 is 17.9 Å². The third kappa shape index (κ3) is 4.35. The number of H-pyrrole nitrogens is 1. The fourth-order valence-corrected chi connectivity index (χ4v) is 5.96. The second-order valence-electron chi connectivity index (χ2n) is 7.53. The van der Waals surface area contributed by atoms with Crippen LogP contribution in [0.4, 0.5) is 0 Å².